The molecule has 2 N–H and O–H groups in total. The molecule has 2 heterocycles. The molecule has 1 aliphatic carbocycles. The van der Waals surface area contributed by atoms with Crippen molar-refractivity contribution in [2.45, 2.75) is 57.9 Å². The summed E-state index contributed by atoms with van der Waals surface area (Å²) < 4.78 is 34.2. The molecule has 37 heavy (non-hydrogen) atoms. The third-order valence-electron chi connectivity index (χ3n) is 7.34. The number of H-pyrrole nitrogens is 1. The predicted octanol–water partition coefficient (Wildman–Crippen LogP) is 6.62. The van der Waals surface area contributed by atoms with Gasteiger partial charge in [0.25, 0.3) is 5.91 Å². The van der Waals surface area contributed by atoms with Crippen LogP contribution in [0.3, 0.4) is 0 Å². The number of halogens is 3. The number of amides is 1. The van der Waals surface area contributed by atoms with Gasteiger partial charge in [0.1, 0.15) is 12.4 Å². The quantitative estimate of drug-likeness (QED) is 0.290. The Morgan fingerprint density at radius 3 is 2.78 bits per heavy atom. The number of nitrogens with zero attached hydrogens (tertiary/aromatic N) is 1. The highest BCUT2D eigenvalue weighted by Crippen LogP contribution is 2.36. The van der Waals surface area contributed by atoms with Gasteiger partial charge in [-0.2, -0.15) is 0 Å². The number of hydrogen-bond donors (Lipinski definition) is 2. The summed E-state index contributed by atoms with van der Waals surface area (Å²) in [6.45, 7) is 3.75. The summed E-state index contributed by atoms with van der Waals surface area (Å²) in [5.74, 6) is -0.740. The van der Waals surface area contributed by atoms with Crippen LogP contribution < -0.4 is 10.1 Å². The van der Waals surface area contributed by atoms with Gasteiger partial charge >= 0.3 is 0 Å². The molecule has 0 saturated heterocycles. The second kappa shape index (κ2) is 12.0. The normalized spacial score (nSPS) is 14.7. The van der Waals surface area contributed by atoms with E-state index in [1.54, 1.807) is 18.2 Å². The number of aromatic nitrogens is 1. The minimum absolute atomic E-state index is 0. The topological polar surface area (TPSA) is 57.4 Å². The van der Waals surface area contributed by atoms with Crippen LogP contribution in [-0.2, 0) is 6.42 Å². The SMILES string of the molecule is CCCCNC(=O)c1ccc(F)c2c1C=C(N(CCCc1c[nH]c3ccc(F)cc13)C1CCC1)CO2.Cl. The molecule has 1 aromatic heterocycles. The van der Waals surface area contributed by atoms with Crippen molar-refractivity contribution < 1.29 is 18.3 Å². The van der Waals surface area contributed by atoms with Gasteiger partial charge in [-0.05, 0) is 80.5 Å². The summed E-state index contributed by atoms with van der Waals surface area (Å²) in [4.78, 5) is 18.4. The molecule has 0 spiro atoms. The molecule has 198 valence electrons. The maximum absolute atomic E-state index is 14.6. The summed E-state index contributed by atoms with van der Waals surface area (Å²) >= 11 is 0. The lowest BCUT2D eigenvalue weighted by Crippen LogP contribution is -2.42. The lowest BCUT2D eigenvalue weighted by atomic mass is 9.90. The fourth-order valence-electron chi connectivity index (χ4n) is 5.11. The molecule has 1 amide bonds. The number of rotatable bonds is 10. The highest BCUT2D eigenvalue weighted by Gasteiger charge is 2.30. The Labute approximate surface area is 222 Å². The van der Waals surface area contributed by atoms with Crippen LogP contribution in [0.25, 0.3) is 17.0 Å². The average molecular weight is 530 g/mol. The molecule has 0 bridgehead atoms. The monoisotopic (exact) mass is 529 g/mol. The highest BCUT2D eigenvalue weighted by molar-refractivity contribution is 5.99. The minimum Gasteiger partial charge on any atom is -0.484 e. The Bertz CT molecular complexity index is 1290. The molecule has 2 aliphatic rings. The van der Waals surface area contributed by atoms with E-state index in [1.807, 2.05) is 12.3 Å². The Morgan fingerprint density at radius 2 is 2.03 bits per heavy atom. The van der Waals surface area contributed by atoms with E-state index in [0.29, 0.717) is 23.7 Å². The number of unbranched alkanes of at least 4 members (excludes halogenated alkanes) is 1. The fourth-order valence-corrected chi connectivity index (χ4v) is 5.11. The molecular weight excluding hydrogens is 496 g/mol. The molecule has 2 aromatic carbocycles. The van der Waals surface area contributed by atoms with Crippen molar-refractivity contribution in [3.05, 3.63) is 70.6 Å². The van der Waals surface area contributed by atoms with E-state index in [1.165, 1.54) is 18.6 Å². The van der Waals surface area contributed by atoms with Crippen molar-refractivity contribution >= 4 is 35.3 Å². The van der Waals surface area contributed by atoms with Crippen LogP contribution >= 0.6 is 12.4 Å². The highest BCUT2D eigenvalue weighted by atomic mass is 35.5. The number of aromatic amines is 1. The first-order chi connectivity index (χ1) is 17.5. The molecule has 3 aromatic rings. The number of benzene rings is 2. The zero-order valence-electron chi connectivity index (χ0n) is 21.1. The smallest absolute Gasteiger partial charge is 0.252 e. The Kier molecular flexibility index (Phi) is 8.75. The maximum Gasteiger partial charge on any atom is 0.252 e. The van der Waals surface area contributed by atoms with Crippen LogP contribution in [0.2, 0.25) is 0 Å². The molecule has 0 atom stereocenters. The van der Waals surface area contributed by atoms with Crippen molar-refractivity contribution in [2.75, 3.05) is 19.7 Å². The van der Waals surface area contributed by atoms with Crippen LogP contribution in [0.15, 0.2) is 42.2 Å². The zero-order valence-corrected chi connectivity index (χ0v) is 21.9. The van der Waals surface area contributed by atoms with Gasteiger partial charge in [-0.15, -0.1) is 12.4 Å². The number of carbonyl (C=O) groups excluding carboxylic acids is 1. The molecule has 0 unspecified atom stereocenters. The van der Waals surface area contributed by atoms with E-state index >= 15 is 0 Å². The molecule has 8 heteroatoms. The number of aryl methyl sites for hydroxylation is 1. The van der Waals surface area contributed by atoms with Gasteiger partial charge in [0, 0.05) is 41.8 Å². The van der Waals surface area contributed by atoms with Crippen molar-refractivity contribution in [3.8, 4) is 5.75 Å². The zero-order chi connectivity index (χ0) is 25.1. The van der Waals surface area contributed by atoms with Crippen LogP contribution in [0, 0.1) is 11.6 Å². The van der Waals surface area contributed by atoms with Crippen LogP contribution in [0.5, 0.6) is 5.75 Å². The van der Waals surface area contributed by atoms with Gasteiger partial charge in [-0.3, -0.25) is 4.79 Å². The van der Waals surface area contributed by atoms with E-state index in [4.69, 9.17) is 4.74 Å². The maximum atomic E-state index is 14.6. The Balaban J connectivity index is 0.00000320. The van der Waals surface area contributed by atoms with Crippen molar-refractivity contribution in [2.24, 2.45) is 0 Å². The van der Waals surface area contributed by atoms with Gasteiger partial charge in [0.2, 0.25) is 0 Å². The van der Waals surface area contributed by atoms with E-state index in [0.717, 1.165) is 67.2 Å². The lowest BCUT2D eigenvalue weighted by Gasteiger charge is -2.41. The second-order valence-electron chi connectivity index (χ2n) is 9.76. The largest absolute Gasteiger partial charge is 0.484 e. The molecule has 5 nitrogen and oxygen atoms in total. The van der Waals surface area contributed by atoms with Gasteiger partial charge < -0.3 is 19.9 Å². The molecule has 1 saturated carbocycles. The van der Waals surface area contributed by atoms with E-state index in [2.05, 4.69) is 22.1 Å². The van der Waals surface area contributed by atoms with Crippen molar-refractivity contribution in [3.63, 3.8) is 0 Å². The molecule has 0 radical (unpaired) electrons. The number of ether oxygens (including phenoxy) is 1. The van der Waals surface area contributed by atoms with Gasteiger partial charge in [0.05, 0.1) is 11.3 Å². The lowest BCUT2D eigenvalue weighted by molar-refractivity contribution is 0.0952. The fraction of sp³-hybridized carbons (Fsp3) is 0.414. The third-order valence-corrected chi connectivity index (χ3v) is 7.34. The van der Waals surface area contributed by atoms with Gasteiger partial charge in [-0.1, -0.05) is 13.3 Å². The summed E-state index contributed by atoms with van der Waals surface area (Å²) in [6, 6.07) is 8.08. The summed E-state index contributed by atoms with van der Waals surface area (Å²) in [5.41, 5.74) is 3.97. The summed E-state index contributed by atoms with van der Waals surface area (Å²) in [7, 11) is 0. The predicted molar refractivity (Wildman–Crippen MR) is 145 cm³/mol. The number of hydrogen-bond acceptors (Lipinski definition) is 3. The summed E-state index contributed by atoms with van der Waals surface area (Å²) in [6.07, 6.45) is 10.9. The van der Waals surface area contributed by atoms with Crippen molar-refractivity contribution in [1.29, 1.82) is 0 Å². The Hall–Kier alpha value is -3.06. The van der Waals surface area contributed by atoms with E-state index in [-0.39, 0.29) is 36.5 Å². The Morgan fingerprint density at radius 1 is 1.19 bits per heavy atom. The molecular formula is C29H34ClF2N3O2. The molecule has 1 fully saturated rings. The van der Waals surface area contributed by atoms with Crippen LogP contribution in [0.4, 0.5) is 8.78 Å². The molecule has 5 rings (SSSR count). The standard InChI is InChI=1S/C29H33F2N3O2.ClH/c1-2-3-13-32-29(35)23-10-11-26(31)28-25(23)16-22(18-36-28)34(21-7-4-8-21)14-5-6-19-17-33-27-12-9-20(30)15-24(19)27;/h9-12,15-17,21,33H,2-8,13-14,18H2,1H3,(H,32,35);1H. The summed E-state index contributed by atoms with van der Waals surface area (Å²) in [5, 5.41) is 3.86. The van der Waals surface area contributed by atoms with Crippen LogP contribution in [-0.4, -0.2) is 41.5 Å². The van der Waals surface area contributed by atoms with Crippen LogP contribution in [0.1, 0.15) is 66.9 Å². The first-order valence-corrected chi connectivity index (χ1v) is 13.0. The average Bonchev–Trinajstić information content (AvgIpc) is 3.24. The van der Waals surface area contributed by atoms with Gasteiger partial charge in [0.15, 0.2) is 11.6 Å². The first-order valence-electron chi connectivity index (χ1n) is 13.0. The third kappa shape index (κ3) is 5.77. The first kappa shape index (κ1) is 27.0. The van der Waals surface area contributed by atoms with E-state index in [9.17, 15) is 13.6 Å². The number of nitrogens with one attached hydrogen (secondary N) is 2. The second-order valence-corrected chi connectivity index (χ2v) is 9.76. The number of carbonyl (C=O) groups is 1. The van der Waals surface area contributed by atoms with E-state index < -0.39 is 5.82 Å². The number of fused-ring (bicyclic) bond motifs is 2. The molecule has 1 aliphatic heterocycles. The minimum atomic E-state index is -0.452. The van der Waals surface area contributed by atoms with Crippen molar-refractivity contribution in [1.82, 2.24) is 15.2 Å². The van der Waals surface area contributed by atoms with Gasteiger partial charge in [-0.25, -0.2) is 8.78 Å².